The van der Waals surface area contributed by atoms with Crippen LogP contribution in [0.2, 0.25) is 0 Å². The first-order valence-corrected chi connectivity index (χ1v) is 7.41. The first-order chi connectivity index (χ1) is 9.24. The van der Waals surface area contributed by atoms with Gasteiger partial charge in [0.15, 0.2) is 0 Å². The van der Waals surface area contributed by atoms with Crippen molar-refractivity contribution in [2.24, 2.45) is 0 Å². The average Bonchev–Trinajstić information content (AvgIpc) is 2.92. The van der Waals surface area contributed by atoms with Crippen LogP contribution < -0.4 is 16.0 Å². The van der Waals surface area contributed by atoms with E-state index in [0.717, 1.165) is 19.5 Å². The molecule has 0 atom stereocenters. The van der Waals surface area contributed by atoms with Crippen molar-refractivity contribution < 1.29 is 9.59 Å². The molecule has 1 aromatic rings. The zero-order valence-electron chi connectivity index (χ0n) is 11.6. The van der Waals surface area contributed by atoms with Crippen LogP contribution in [0.25, 0.3) is 0 Å². The topological polar surface area (TPSA) is 70.2 Å². The molecule has 0 saturated carbocycles. The Bertz CT molecular complexity index is 385. The lowest BCUT2D eigenvalue weighted by atomic mass is 10.3. The van der Waals surface area contributed by atoms with E-state index in [0.29, 0.717) is 24.4 Å². The summed E-state index contributed by atoms with van der Waals surface area (Å²) in [5.41, 5.74) is 0. The maximum atomic E-state index is 11.6. The summed E-state index contributed by atoms with van der Waals surface area (Å²) in [5.74, 6) is -0.155. The summed E-state index contributed by atoms with van der Waals surface area (Å²) in [6.07, 6.45) is 1.40. The van der Waals surface area contributed by atoms with Crippen molar-refractivity contribution in [3.63, 3.8) is 0 Å². The lowest BCUT2D eigenvalue weighted by Gasteiger charge is -2.06. The number of halogens is 1. The summed E-state index contributed by atoms with van der Waals surface area (Å²) in [6, 6.07) is 3.59. The van der Waals surface area contributed by atoms with Crippen molar-refractivity contribution >= 4 is 35.6 Å². The Labute approximate surface area is 129 Å². The van der Waals surface area contributed by atoms with Gasteiger partial charge in [0.25, 0.3) is 5.91 Å². The molecule has 1 heterocycles. The smallest absolute Gasteiger partial charge is 0.261 e. The van der Waals surface area contributed by atoms with E-state index in [1.807, 2.05) is 11.4 Å². The average molecular weight is 320 g/mol. The molecule has 0 spiro atoms. The van der Waals surface area contributed by atoms with Crippen LogP contribution in [0.5, 0.6) is 0 Å². The Balaban J connectivity index is 0.00000361. The Morgan fingerprint density at radius 2 is 1.95 bits per heavy atom. The molecule has 3 N–H and O–H groups in total. The van der Waals surface area contributed by atoms with Crippen LogP contribution in [0.1, 0.15) is 29.4 Å². The number of hydrogen-bond acceptors (Lipinski definition) is 4. The van der Waals surface area contributed by atoms with Gasteiger partial charge in [0.2, 0.25) is 5.91 Å². The summed E-state index contributed by atoms with van der Waals surface area (Å²) in [5, 5.41) is 10.6. The zero-order chi connectivity index (χ0) is 13.9. The van der Waals surface area contributed by atoms with Gasteiger partial charge in [0.05, 0.1) is 4.88 Å². The number of carbonyl (C=O) groups is 2. The van der Waals surface area contributed by atoms with E-state index in [9.17, 15) is 9.59 Å². The van der Waals surface area contributed by atoms with Gasteiger partial charge in [0, 0.05) is 26.1 Å². The van der Waals surface area contributed by atoms with Crippen LogP contribution in [0, 0.1) is 0 Å². The van der Waals surface area contributed by atoms with Gasteiger partial charge in [-0.1, -0.05) is 13.0 Å². The van der Waals surface area contributed by atoms with Crippen LogP contribution in [0.15, 0.2) is 17.5 Å². The van der Waals surface area contributed by atoms with Crippen LogP contribution in [0.3, 0.4) is 0 Å². The molecule has 0 aliphatic rings. The SMILES string of the molecule is CCCNCCNC(=O)CCNC(=O)c1cccs1.Cl. The van der Waals surface area contributed by atoms with Gasteiger partial charge < -0.3 is 16.0 Å². The lowest BCUT2D eigenvalue weighted by molar-refractivity contribution is -0.120. The van der Waals surface area contributed by atoms with E-state index in [4.69, 9.17) is 0 Å². The third kappa shape index (κ3) is 8.14. The summed E-state index contributed by atoms with van der Waals surface area (Å²) >= 11 is 1.39. The molecule has 7 heteroatoms. The second kappa shape index (κ2) is 11.7. The quantitative estimate of drug-likeness (QED) is 0.603. The number of rotatable bonds is 9. The molecule has 0 saturated heterocycles. The van der Waals surface area contributed by atoms with Crippen molar-refractivity contribution in [3.8, 4) is 0 Å². The van der Waals surface area contributed by atoms with Gasteiger partial charge in [-0.25, -0.2) is 0 Å². The monoisotopic (exact) mass is 319 g/mol. The molecular formula is C13H22ClN3O2S. The fourth-order valence-electron chi connectivity index (χ4n) is 1.46. The zero-order valence-corrected chi connectivity index (χ0v) is 13.2. The van der Waals surface area contributed by atoms with Gasteiger partial charge >= 0.3 is 0 Å². The van der Waals surface area contributed by atoms with Crippen LogP contribution in [-0.4, -0.2) is 38.0 Å². The fourth-order valence-corrected chi connectivity index (χ4v) is 2.10. The predicted molar refractivity (Wildman–Crippen MR) is 84.7 cm³/mol. The van der Waals surface area contributed by atoms with E-state index in [1.54, 1.807) is 6.07 Å². The summed E-state index contributed by atoms with van der Waals surface area (Å²) in [7, 11) is 0. The van der Waals surface area contributed by atoms with Crippen molar-refractivity contribution in [1.82, 2.24) is 16.0 Å². The maximum Gasteiger partial charge on any atom is 0.261 e. The molecule has 0 radical (unpaired) electrons. The first-order valence-electron chi connectivity index (χ1n) is 6.53. The molecule has 0 bridgehead atoms. The minimum atomic E-state index is -0.118. The molecule has 1 rings (SSSR count). The van der Waals surface area contributed by atoms with Crippen molar-refractivity contribution in [3.05, 3.63) is 22.4 Å². The maximum absolute atomic E-state index is 11.6. The Morgan fingerprint density at radius 1 is 1.15 bits per heavy atom. The van der Waals surface area contributed by atoms with Crippen molar-refractivity contribution in [2.75, 3.05) is 26.2 Å². The van der Waals surface area contributed by atoms with Gasteiger partial charge in [-0.15, -0.1) is 23.7 Å². The normalized spacial score (nSPS) is 9.65. The van der Waals surface area contributed by atoms with Gasteiger partial charge in [0.1, 0.15) is 0 Å². The molecule has 0 unspecified atom stereocenters. The van der Waals surface area contributed by atoms with E-state index in [1.165, 1.54) is 11.3 Å². The highest BCUT2D eigenvalue weighted by molar-refractivity contribution is 7.12. The molecule has 0 aliphatic heterocycles. The molecule has 2 amide bonds. The first kappa shape index (κ1) is 18.9. The molecule has 5 nitrogen and oxygen atoms in total. The predicted octanol–water partition coefficient (Wildman–Crippen LogP) is 1.41. The van der Waals surface area contributed by atoms with Crippen LogP contribution >= 0.6 is 23.7 Å². The number of hydrogen-bond donors (Lipinski definition) is 3. The molecule has 114 valence electrons. The Kier molecular flexibility index (Phi) is 11.0. The summed E-state index contributed by atoms with van der Waals surface area (Å²) < 4.78 is 0. The van der Waals surface area contributed by atoms with Gasteiger partial charge in [-0.05, 0) is 24.4 Å². The third-order valence-electron chi connectivity index (χ3n) is 2.43. The standard InChI is InChI=1S/C13H21N3O2S.ClH/c1-2-6-14-8-9-15-12(17)5-7-16-13(18)11-4-3-10-19-11;/h3-4,10,14H,2,5-9H2,1H3,(H,15,17)(H,16,18);1H. The van der Waals surface area contributed by atoms with Crippen LogP contribution in [0.4, 0.5) is 0 Å². The third-order valence-corrected chi connectivity index (χ3v) is 3.30. The Morgan fingerprint density at radius 3 is 2.60 bits per heavy atom. The summed E-state index contributed by atoms with van der Waals surface area (Å²) in [4.78, 5) is 23.7. The van der Waals surface area contributed by atoms with E-state index in [2.05, 4.69) is 22.9 Å². The van der Waals surface area contributed by atoms with Crippen LogP contribution in [-0.2, 0) is 4.79 Å². The molecule has 0 fully saturated rings. The molecule has 20 heavy (non-hydrogen) atoms. The van der Waals surface area contributed by atoms with Crippen molar-refractivity contribution in [2.45, 2.75) is 19.8 Å². The lowest BCUT2D eigenvalue weighted by Crippen LogP contribution is -2.34. The summed E-state index contributed by atoms with van der Waals surface area (Å²) in [6.45, 7) is 4.83. The number of carbonyl (C=O) groups excluding carboxylic acids is 2. The highest BCUT2D eigenvalue weighted by atomic mass is 35.5. The minimum absolute atomic E-state index is 0. The second-order valence-electron chi connectivity index (χ2n) is 4.08. The van der Waals surface area contributed by atoms with Crippen molar-refractivity contribution in [1.29, 1.82) is 0 Å². The highest BCUT2D eigenvalue weighted by Crippen LogP contribution is 2.07. The highest BCUT2D eigenvalue weighted by Gasteiger charge is 2.06. The molecule has 0 aliphatic carbocycles. The molecule has 1 aromatic heterocycles. The van der Waals surface area contributed by atoms with Gasteiger partial charge in [-0.2, -0.15) is 0 Å². The largest absolute Gasteiger partial charge is 0.355 e. The fraction of sp³-hybridized carbons (Fsp3) is 0.538. The molecular weight excluding hydrogens is 298 g/mol. The van der Waals surface area contributed by atoms with E-state index >= 15 is 0 Å². The number of nitrogens with one attached hydrogen (secondary N) is 3. The van der Waals surface area contributed by atoms with Gasteiger partial charge in [-0.3, -0.25) is 9.59 Å². The second-order valence-corrected chi connectivity index (χ2v) is 5.03. The van der Waals surface area contributed by atoms with E-state index in [-0.39, 0.29) is 24.2 Å². The minimum Gasteiger partial charge on any atom is -0.355 e. The number of thiophene rings is 1. The van der Waals surface area contributed by atoms with E-state index < -0.39 is 0 Å². The Hall–Kier alpha value is -1.11. The number of amides is 2. The molecule has 0 aromatic carbocycles.